The van der Waals surface area contributed by atoms with Gasteiger partial charge < -0.3 is 5.32 Å². The Labute approximate surface area is 143 Å². The standard InChI is InChI=1S/C18H22N2O3S/c1-15-8-6-7-11-17(15)20(24(2,22)23)14-18(21)19-13-12-16-9-4-3-5-10-16/h3-11H,12-14H2,1-2H3,(H,19,21). The van der Waals surface area contributed by atoms with E-state index >= 15 is 0 Å². The first-order chi connectivity index (χ1) is 11.4. The third-order valence-corrected chi connectivity index (χ3v) is 4.78. The highest BCUT2D eigenvalue weighted by atomic mass is 32.2. The second kappa shape index (κ2) is 7.97. The number of aryl methyl sites for hydroxylation is 1. The lowest BCUT2D eigenvalue weighted by Gasteiger charge is -2.23. The highest BCUT2D eigenvalue weighted by molar-refractivity contribution is 7.92. The molecule has 0 saturated heterocycles. The molecule has 2 aromatic rings. The number of hydrogen-bond donors (Lipinski definition) is 1. The van der Waals surface area contributed by atoms with Crippen LogP contribution in [0.25, 0.3) is 0 Å². The number of anilines is 1. The summed E-state index contributed by atoms with van der Waals surface area (Å²) in [6, 6.07) is 16.9. The van der Waals surface area contributed by atoms with Crippen LogP contribution in [0.15, 0.2) is 54.6 Å². The monoisotopic (exact) mass is 346 g/mol. The van der Waals surface area contributed by atoms with Crippen molar-refractivity contribution in [2.75, 3.05) is 23.7 Å². The fourth-order valence-corrected chi connectivity index (χ4v) is 3.32. The molecular formula is C18H22N2O3S. The van der Waals surface area contributed by atoms with Crippen molar-refractivity contribution in [2.24, 2.45) is 0 Å². The molecule has 0 bridgehead atoms. The zero-order chi connectivity index (χ0) is 17.6. The van der Waals surface area contributed by atoms with Crippen molar-refractivity contribution < 1.29 is 13.2 Å². The normalized spacial score (nSPS) is 11.1. The van der Waals surface area contributed by atoms with Crippen molar-refractivity contribution >= 4 is 21.6 Å². The van der Waals surface area contributed by atoms with Crippen molar-refractivity contribution in [3.63, 3.8) is 0 Å². The van der Waals surface area contributed by atoms with Crippen molar-refractivity contribution in [3.05, 3.63) is 65.7 Å². The molecule has 6 heteroatoms. The van der Waals surface area contributed by atoms with E-state index in [1.165, 1.54) is 0 Å². The molecule has 0 spiro atoms. The Balaban J connectivity index is 2.00. The van der Waals surface area contributed by atoms with E-state index in [0.29, 0.717) is 18.7 Å². The maximum atomic E-state index is 12.2. The van der Waals surface area contributed by atoms with Gasteiger partial charge in [0.25, 0.3) is 0 Å². The number of sulfonamides is 1. The summed E-state index contributed by atoms with van der Waals surface area (Å²) >= 11 is 0. The van der Waals surface area contributed by atoms with Crippen LogP contribution < -0.4 is 9.62 Å². The van der Waals surface area contributed by atoms with Gasteiger partial charge >= 0.3 is 0 Å². The molecule has 0 aliphatic heterocycles. The molecule has 2 rings (SSSR count). The van der Waals surface area contributed by atoms with E-state index < -0.39 is 10.0 Å². The van der Waals surface area contributed by atoms with Gasteiger partial charge in [0.1, 0.15) is 6.54 Å². The van der Waals surface area contributed by atoms with E-state index in [4.69, 9.17) is 0 Å². The van der Waals surface area contributed by atoms with Crippen LogP contribution in [0.1, 0.15) is 11.1 Å². The second-order valence-corrected chi connectivity index (χ2v) is 7.55. The van der Waals surface area contributed by atoms with Gasteiger partial charge in [0.15, 0.2) is 0 Å². The summed E-state index contributed by atoms with van der Waals surface area (Å²) in [6.07, 6.45) is 1.81. The maximum absolute atomic E-state index is 12.2. The molecule has 24 heavy (non-hydrogen) atoms. The van der Waals surface area contributed by atoms with Gasteiger partial charge in [-0.3, -0.25) is 9.10 Å². The van der Waals surface area contributed by atoms with Gasteiger partial charge in [-0.25, -0.2) is 8.42 Å². The fraction of sp³-hybridized carbons (Fsp3) is 0.278. The van der Waals surface area contributed by atoms with E-state index in [-0.39, 0.29) is 12.5 Å². The van der Waals surface area contributed by atoms with Gasteiger partial charge in [-0.1, -0.05) is 48.5 Å². The summed E-state index contributed by atoms with van der Waals surface area (Å²) in [7, 11) is -3.54. The van der Waals surface area contributed by atoms with Crippen LogP contribution in [0.4, 0.5) is 5.69 Å². The summed E-state index contributed by atoms with van der Waals surface area (Å²) in [5.74, 6) is -0.320. The number of nitrogens with zero attached hydrogens (tertiary/aromatic N) is 1. The van der Waals surface area contributed by atoms with E-state index in [2.05, 4.69) is 5.32 Å². The quantitative estimate of drug-likeness (QED) is 0.835. The third kappa shape index (κ3) is 5.09. The summed E-state index contributed by atoms with van der Waals surface area (Å²) in [5.41, 5.74) is 2.45. The average Bonchev–Trinajstić information content (AvgIpc) is 2.53. The molecule has 1 N–H and O–H groups in total. The van der Waals surface area contributed by atoms with Crippen molar-refractivity contribution in [1.82, 2.24) is 5.32 Å². The third-order valence-electron chi connectivity index (χ3n) is 3.65. The van der Waals surface area contributed by atoms with Crippen LogP contribution in [0, 0.1) is 6.92 Å². The summed E-state index contributed by atoms with van der Waals surface area (Å²) in [4.78, 5) is 12.2. The Morgan fingerprint density at radius 1 is 1.04 bits per heavy atom. The average molecular weight is 346 g/mol. The smallest absolute Gasteiger partial charge is 0.240 e. The number of benzene rings is 2. The molecule has 0 radical (unpaired) electrons. The Kier molecular flexibility index (Phi) is 5.98. The molecule has 0 heterocycles. The van der Waals surface area contributed by atoms with Crippen LogP contribution in [-0.4, -0.2) is 33.7 Å². The van der Waals surface area contributed by atoms with Crippen LogP contribution in [0.5, 0.6) is 0 Å². The number of carbonyl (C=O) groups excluding carboxylic acids is 1. The molecule has 1 amide bonds. The number of amides is 1. The highest BCUT2D eigenvalue weighted by Gasteiger charge is 2.21. The summed E-state index contributed by atoms with van der Waals surface area (Å²) in [6.45, 7) is 2.06. The predicted octanol–water partition coefficient (Wildman–Crippen LogP) is 2.12. The van der Waals surface area contributed by atoms with E-state index in [0.717, 1.165) is 21.7 Å². The number of para-hydroxylation sites is 1. The first-order valence-corrected chi connectivity index (χ1v) is 9.57. The summed E-state index contributed by atoms with van der Waals surface area (Å²) in [5, 5.41) is 2.78. The maximum Gasteiger partial charge on any atom is 0.240 e. The topological polar surface area (TPSA) is 66.5 Å². The van der Waals surface area contributed by atoms with Gasteiger partial charge in [0.05, 0.1) is 11.9 Å². The van der Waals surface area contributed by atoms with E-state index in [1.807, 2.05) is 49.4 Å². The molecule has 0 fully saturated rings. The molecule has 0 aliphatic carbocycles. The number of hydrogen-bond acceptors (Lipinski definition) is 3. The first kappa shape index (κ1) is 18.0. The molecule has 0 aromatic heterocycles. The predicted molar refractivity (Wildman–Crippen MR) is 96.5 cm³/mol. The van der Waals surface area contributed by atoms with Gasteiger partial charge in [-0.2, -0.15) is 0 Å². The van der Waals surface area contributed by atoms with Crippen molar-refractivity contribution in [3.8, 4) is 0 Å². The summed E-state index contributed by atoms with van der Waals surface area (Å²) < 4.78 is 25.3. The Morgan fingerprint density at radius 3 is 2.29 bits per heavy atom. The lowest BCUT2D eigenvalue weighted by atomic mass is 10.1. The van der Waals surface area contributed by atoms with Crippen LogP contribution in [0.2, 0.25) is 0 Å². The second-order valence-electron chi connectivity index (χ2n) is 5.64. The highest BCUT2D eigenvalue weighted by Crippen LogP contribution is 2.21. The van der Waals surface area contributed by atoms with Crippen LogP contribution in [-0.2, 0) is 21.2 Å². The minimum atomic E-state index is -3.54. The zero-order valence-corrected chi connectivity index (χ0v) is 14.7. The number of carbonyl (C=O) groups is 1. The van der Waals surface area contributed by atoms with Crippen LogP contribution >= 0.6 is 0 Å². The van der Waals surface area contributed by atoms with E-state index in [9.17, 15) is 13.2 Å². The fourth-order valence-electron chi connectivity index (χ4n) is 2.40. The number of nitrogens with one attached hydrogen (secondary N) is 1. The Hall–Kier alpha value is -2.34. The Morgan fingerprint density at radius 2 is 1.67 bits per heavy atom. The van der Waals surface area contributed by atoms with Gasteiger partial charge in [-0.15, -0.1) is 0 Å². The minimum Gasteiger partial charge on any atom is -0.354 e. The molecule has 5 nitrogen and oxygen atoms in total. The van der Waals surface area contributed by atoms with Crippen molar-refractivity contribution in [1.29, 1.82) is 0 Å². The van der Waals surface area contributed by atoms with Gasteiger partial charge in [-0.05, 0) is 30.5 Å². The molecule has 0 saturated carbocycles. The van der Waals surface area contributed by atoms with Crippen molar-refractivity contribution in [2.45, 2.75) is 13.3 Å². The van der Waals surface area contributed by atoms with Crippen LogP contribution in [0.3, 0.4) is 0 Å². The largest absolute Gasteiger partial charge is 0.354 e. The number of rotatable bonds is 7. The minimum absolute atomic E-state index is 0.224. The Bertz CT molecular complexity index is 789. The van der Waals surface area contributed by atoms with Gasteiger partial charge in [0, 0.05) is 6.54 Å². The van der Waals surface area contributed by atoms with E-state index in [1.54, 1.807) is 12.1 Å². The molecule has 0 unspecified atom stereocenters. The lowest BCUT2D eigenvalue weighted by Crippen LogP contribution is -2.41. The lowest BCUT2D eigenvalue weighted by molar-refractivity contribution is -0.119. The SMILES string of the molecule is Cc1ccccc1N(CC(=O)NCCc1ccccc1)S(C)(=O)=O. The molecular weight excluding hydrogens is 324 g/mol. The molecule has 0 aliphatic rings. The first-order valence-electron chi connectivity index (χ1n) is 7.72. The molecule has 2 aromatic carbocycles. The molecule has 0 atom stereocenters. The zero-order valence-electron chi connectivity index (χ0n) is 13.9. The molecule has 128 valence electrons. The van der Waals surface area contributed by atoms with Gasteiger partial charge in [0.2, 0.25) is 15.9 Å².